The maximum absolute atomic E-state index is 12.0. The largest absolute Gasteiger partial charge is 0.323 e. The second kappa shape index (κ2) is 6.04. The molecule has 1 aromatic heterocycles. The number of thiazole rings is 1. The first-order chi connectivity index (χ1) is 9.04. The summed E-state index contributed by atoms with van der Waals surface area (Å²) >= 11 is 7.33. The van der Waals surface area contributed by atoms with Crippen molar-refractivity contribution in [2.24, 2.45) is 0 Å². The van der Waals surface area contributed by atoms with Gasteiger partial charge in [0.2, 0.25) is 0 Å². The zero-order chi connectivity index (χ0) is 13.8. The summed E-state index contributed by atoms with van der Waals surface area (Å²) in [7, 11) is 1.73. The fourth-order valence-corrected chi connectivity index (χ4v) is 2.47. The van der Waals surface area contributed by atoms with Gasteiger partial charge in [-0.05, 0) is 24.6 Å². The summed E-state index contributed by atoms with van der Waals surface area (Å²) in [6.45, 7) is 2.39. The lowest BCUT2D eigenvalue weighted by Gasteiger charge is -2.17. The predicted octanol–water partition coefficient (Wildman–Crippen LogP) is 3.77. The Kier molecular flexibility index (Phi) is 4.39. The van der Waals surface area contributed by atoms with Gasteiger partial charge >= 0.3 is 6.03 Å². The monoisotopic (exact) mass is 295 g/mol. The van der Waals surface area contributed by atoms with Gasteiger partial charge < -0.3 is 4.90 Å². The molecular formula is C13H14ClN3OS. The number of nitrogens with one attached hydrogen (secondary N) is 1. The van der Waals surface area contributed by atoms with Gasteiger partial charge in [0.05, 0.1) is 5.69 Å². The molecule has 0 aliphatic carbocycles. The van der Waals surface area contributed by atoms with Crippen LogP contribution in [0.1, 0.15) is 11.3 Å². The molecule has 0 saturated heterocycles. The van der Waals surface area contributed by atoms with Crippen LogP contribution in [0.2, 0.25) is 5.02 Å². The molecule has 19 heavy (non-hydrogen) atoms. The third-order valence-electron chi connectivity index (χ3n) is 2.49. The highest BCUT2D eigenvalue weighted by Crippen LogP contribution is 2.16. The molecule has 0 aliphatic rings. The molecule has 0 fully saturated rings. The number of nitrogens with zero attached hydrogens (tertiary/aromatic N) is 2. The SMILES string of the molecule is Cc1csc(NC(=O)N(C)Cc2cccc(Cl)c2)n1. The molecule has 1 heterocycles. The minimum absolute atomic E-state index is 0.186. The summed E-state index contributed by atoms with van der Waals surface area (Å²) in [5, 5.41) is 5.93. The smallest absolute Gasteiger partial charge is 0.323 e. The van der Waals surface area contributed by atoms with Gasteiger partial charge in [0.1, 0.15) is 0 Å². The average Bonchev–Trinajstić information content (AvgIpc) is 2.74. The number of urea groups is 1. The van der Waals surface area contributed by atoms with Crippen molar-refractivity contribution >= 4 is 34.1 Å². The summed E-state index contributed by atoms with van der Waals surface area (Å²) in [5.74, 6) is 0. The van der Waals surface area contributed by atoms with Crippen LogP contribution < -0.4 is 5.32 Å². The highest BCUT2D eigenvalue weighted by molar-refractivity contribution is 7.13. The van der Waals surface area contributed by atoms with Crippen LogP contribution in [-0.4, -0.2) is 23.0 Å². The van der Waals surface area contributed by atoms with Gasteiger partial charge in [0.25, 0.3) is 0 Å². The van der Waals surface area contributed by atoms with Crippen molar-refractivity contribution in [3.8, 4) is 0 Å². The van der Waals surface area contributed by atoms with Crippen molar-refractivity contribution in [1.82, 2.24) is 9.88 Å². The van der Waals surface area contributed by atoms with Crippen LogP contribution in [0.5, 0.6) is 0 Å². The molecule has 0 radical (unpaired) electrons. The Morgan fingerprint density at radius 2 is 2.32 bits per heavy atom. The molecule has 0 bridgehead atoms. The molecule has 0 aliphatic heterocycles. The van der Waals surface area contributed by atoms with Crippen molar-refractivity contribution in [2.75, 3.05) is 12.4 Å². The molecule has 0 saturated carbocycles. The minimum Gasteiger partial charge on any atom is -0.323 e. The van der Waals surface area contributed by atoms with Gasteiger partial charge in [-0.1, -0.05) is 23.7 Å². The number of halogens is 1. The van der Waals surface area contributed by atoms with E-state index in [-0.39, 0.29) is 6.03 Å². The van der Waals surface area contributed by atoms with Gasteiger partial charge in [0, 0.05) is 24.0 Å². The average molecular weight is 296 g/mol. The van der Waals surface area contributed by atoms with E-state index in [0.717, 1.165) is 11.3 Å². The molecule has 6 heteroatoms. The number of carbonyl (C=O) groups is 1. The van der Waals surface area contributed by atoms with Crippen molar-refractivity contribution in [1.29, 1.82) is 0 Å². The first-order valence-electron chi connectivity index (χ1n) is 5.73. The van der Waals surface area contributed by atoms with Crippen LogP contribution in [0.25, 0.3) is 0 Å². The van der Waals surface area contributed by atoms with Gasteiger partial charge in [-0.3, -0.25) is 5.32 Å². The molecule has 2 rings (SSSR count). The first kappa shape index (κ1) is 13.8. The standard InChI is InChI=1S/C13H14ClN3OS/c1-9-8-19-12(15-9)16-13(18)17(2)7-10-4-3-5-11(14)6-10/h3-6,8H,7H2,1-2H3,(H,15,16,18). The summed E-state index contributed by atoms with van der Waals surface area (Å²) in [5.41, 5.74) is 1.89. The van der Waals surface area contributed by atoms with Crippen LogP contribution in [-0.2, 0) is 6.54 Å². The van der Waals surface area contributed by atoms with Gasteiger partial charge in [-0.15, -0.1) is 11.3 Å². The van der Waals surface area contributed by atoms with Gasteiger partial charge in [-0.2, -0.15) is 0 Å². The molecule has 4 nitrogen and oxygen atoms in total. The van der Waals surface area contributed by atoms with Crippen molar-refractivity contribution in [3.63, 3.8) is 0 Å². The minimum atomic E-state index is -0.186. The Balaban J connectivity index is 1.96. The lowest BCUT2D eigenvalue weighted by Crippen LogP contribution is -2.30. The van der Waals surface area contributed by atoms with Crippen LogP contribution in [0.3, 0.4) is 0 Å². The van der Waals surface area contributed by atoms with E-state index in [1.165, 1.54) is 11.3 Å². The molecule has 1 aromatic carbocycles. The second-order valence-electron chi connectivity index (χ2n) is 4.21. The number of anilines is 1. The van der Waals surface area contributed by atoms with Gasteiger partial charge in [-0.25, -0.2) is 9.78 Å². The Bertz CT molecular complexity index is 585. The normalized spacial score (nSPS) is 10.3. The van der Waals surface area contributed by atoms with E-state index in [1.807, 2.05) is 36.6 Å². The molecule has 100 valence electrons. The maximum atomic E-state index is 12.0. The maximum Gasteiger partial charge on any atom is 0.323 e. The van der Waals surface area contributed by atoms with Crippen molar-refractivity contribution < 1.29 is 4.79 Å². The predicted molar refractivity (Wildman–Crippen MR) is 78.8 cm³/mol. The molecule has 0 unspecified atom stereocenters. The summed E-state index contributed by atoms with van der Waals surface area (Å²) in [6, 6.07) is 7.27. The van der Waals surface area contributed by atoms with E-state index in [1.54, 1.807) is 11.9 Å². The Labute approximate surface area is 121 Å². The van der Waals surface area contributed by atoms with Crippen LogP contribution >= 0.6 is 22.9 Å². The zero-order valence-corrected chi connectivity index (χ0v) is 12.3. The van der Waals surface area contributed by atoms with E-state index >= 15 is 0 Å². The van der Waals surface area contributed by atoms with Crippen molar-refractivity contribution in [3.05, 3.63) is 45.9 Å². The number of aryl methyl sites for hydroxylation is 1. The number of benzene rings is 1. The quantitative estimate of drug-likeness (QED) is 0.937. The molecular weight excluding hydrogens is 282 g/mol. The van der Waals surface area contributed by atoms with E-state index in [2.05, 4.69) is 10.3 Å². The first-order valence-corrected chi connectivity index (χ1v) is 6.99. The van der Waals surface area contributed by atoms with E-state index in [4.69, 9.17) is 11.6 Å². The zero-order valence-electron chi connectivity index (χ0n) is 10.7. The molecule has 2 amide bonds. The number of carbonyl (C=O) groups excluding carboxylic acids is 1. The third kappa shape index (κ3) is 3.94. The third-order valence-corrected chi connectivity index (χ3v) is 3.60. The molecule has 0 spiro atoms. The summed E-state index contributed by atoms with van der Waals surface area (Å²) < 4.78 is 0. The highest BCUT2D eigenvalue weighted by Gasteiger charge is 2.11. The van der Waals surface area contributed by atoms with E-state index < -0.39 is 0 Å². The number of rotatable bonds is 3. The number of hydrogen-bond donors (Lipinski definition) is 1. The Morgan fingerprint density at radius 3 is 2.95 bits per heavy atom. The van der Waals surface area contributed by atoms with Crippen LogP contribution in [0.4, 0.5) is 9.93 Å². The van der Waals surface area contributed by atoms with E-state index in [9.17, 15) is 4.79 Å². The molecule has 0 atom stereocenters. The topological polar surface area (TPSA) is 45.2 Å². The highest BCUT2D eigenvalue weighted by atomic mass is 35.5. The number of aromatic nitrogens is 1. The fraction of sp³-hybridized carbons (Fsp3) is 0.231. The lowest BCUT2D eigenvalue weighted by atomic mass is 10.2. The Hall–Kier alpha value is -1.59. The number of hydrogen-bond acceptors (Lipinski definition) is 3. The van der Waals surface area contributed by atoms with E-state index in [0.29, 0.717) is 16.7 Å². The summed E-state index contributed by atoms with van der Waals surface area (Å²) in [4.78, 5) is 17.7. The molecule has 1 N–H and O–H groups in total. The van der Waals surface area contributed by atoms with Crippen LogP contribution in [0, 0.1) is 6.92 Å². The van der Waals surface area contributed by atoms with Gasteiger partial charge in [0.15, 0.2) is 5.13 Å². The number of amides is 2. The van der Waals surface area contributed by atoms with Crippen LogP contribution in [0.15, 0.2) is 29.6 Å². The van der Waals surface area contributed by atoms with Crippen molar-refractivity contribution in [2.45, 2.75) is 13.5 Å². The summed E-state index contributed by atoms with van der Waals surface area (Å²) in [6.07, 6.45) is 0. The molecule has 2 aromatic rings. The lowest BCUT2D eigenvalue weighted by molar-refractivity contribution is 0.220. The Morgan fingerprint density at radius 1 is 1.53 bits per heavy atom. The second-order valence-corrected chi connectivity index (χ2v) is 5.50. The fourth-order valence-electron chi connectivity index (χ4n) is 1.58.